The van der Waals surface area contributed by atoms with Crippen LogP contribution in [0.3, 0.4) is 0 Å². The summed E-state index contributed by atoms with van der Waals surface area (Å²) in [5.74, 6) is -1.22. The van der Waals surface area contributed by atoms with Gasteiger partial charge in [-0.05, 0) is 24.1 Å². The first-order chi connectivity index (χ1) is 9.23. The van der Waals surface area contributed by atoms with Crippen LogP contribution in [-0.4, -0.2) is 34.4 Å². The van der Waals surface area contributed by atoms with E-state index in [0.717, 1.165) is 12.1 Å². The first-order valence-corrected chi connectivity index (χ1v) is 9.25. The molecule has 3 N–H and O–H groups in total. The number of sulfonamides is 1. The van der Waals surface area contributed by atoms with Crippen LogP contribution < -0.4 is 10.5 Å². The highest BCUT2D eigenvalue weighted by Crippen LogP contribution is 2.19. The highest BCUT2D eigenvalue weighted by molar-refractivity contribution is 7.92. The fourth-order valence-electron chi connectivity index (χ4n) is 2.05. The van der Waals surface area contributed by atoms with E-state index in [-0.39, 0.29) is 24.5 Å². The van der Waals surface area contributed by atoms with Gasteiger partial charge in [-0.15, -0.1) is 0 Å². The Balaban J connectivity index is 2.27. The van der Waals surface area contributed by atoms with Crippen LogP contribution in [0.2, 0.25) is 0 Å². The maximum atomic E-state index is 13.6. The largest absolute Gasteiger partial charge is 0.326 e. The Morgan fingerprint density at radius 1 is 1.40 bits per heavy atom. The summed E-state index contributed by atoms with van der Waals surface area (Å²) in [4.78, 5) is -0.509. The molecule has 0 bridgehead atoms. The van der Waals surface area contributed by atoms with Crippen LogP contribution in [0.4, 0.5) is 4.39 Å². The third kappa shape index (κ3) is 3.35. The molecule has 1 saturated heterocycles. The molecule has 1 aliphatic heterocycles. The van der Waals surface area contributed by atoms with E-state index in [0.29, 0.717) is 5.56 Å². The molecular weight excluding hydrogens is 307 g/mol. The molecule has 0 aliphatic carbocycles. The molecule has 6 nitrogen and oxygen atoms in total. The van der Waals surface area contributed by atoms with Crippen LogP contribution in [0.5, 0.6) is 0 Å². The lowest BCUT2D eigenvalue weighted by molar-refractivity contribution is 0.543. The first kappa shape index (κ1) is 15.4. The fourth-order valence-corrected chi connectivity index (χ4v) is 5.23. The van der Waals surface area contributed by atoms with E-state index in [9.17, 15) is 21.2 Å². The van der Waals surface area contributed by atoms with Crippen LogP contribution in [0.25, 0.3) is 0 Å². The van der Waals surface area contributed by atoms with Gasteiger partial charge in [0, 0.05) is 12.6 Å². The van der Waals surface area contributed by atoms with Gasteiger partial charge in [-0.3, -0.25) is 0 Å². The van der Waals surface area contributed by atoms with Crippen molar-refractivity contribution in [3.05, 3.63) is 29.6 Å². The van der Waals surface area contributed by atoms with E-state index in [1.165, 1.54) is 6.07 Å². The lowest BCUT2D eigenvalue weighted by atomic mass is 10.2. The van der Waals surface area contributed by atoms with Gasteiger partial charge < -0.3 is 5.73 Å². The van der Waals surface area contributed by atoms with Crippen molar-refractivity contribution in [2.45, 2.75) is 23.9 Å². The second-order valence-corrected chi connectivity index (χ2v) is 8.60. The molecular formula is C11H15FN2O4S2. The molecule has 1 aromatic carbocycles. The van der Waals surface area contributed by atoms with Crippen LogP contribution >= 0.6 is 0 Å². The van der Waals surface area contributed by atoms with Gasteiger partial charge in [0.25, 0.3) is 0 Å². The van der Waals surface area contributed by atoms with Gasteiger partial charge in [0.15, 0.2) is 9.84 Å². The number of hydrogen-bond donors (Lipinski definition) is 2. The van der Waals surface area contributed by atoms with Crippen molar-refractivity contribution < 1.29 is 21.2 Å². The lowest BCUT2D eigenvalue weighted by Gasteiger charge is -2.12. The summed E-state index contributed by atoms with van der Waals surface area (Å²) in [5, 5.41) is 0. The zero-order chi connectivity index (χ0) is 15.0. The topological polar surface area (TPSA) is 106 Å². The quantitative estimate of drug-likeness (QED) is 0.795. The van der Waals surface area contributed by atoms with Crippen LogP contribution in [0.1, 0.15) is 12.0 Å². The molecule has 1 unspecified atom stereocenters. The van der Waals surface area contributed by atoms with Crippen molar-refractivity contribution >= 4 is 19.9 Å². The minimum absolute atomic E-state index is 0.0640. The molecule has 1 heterocycles. The number of nitrogens with two attached hydrogens (primary N) is 1. The maximum Gasteiger partial charge on any atom is 0.243 e. The number of rotatable bonds is 4. The van der Waals surface area contributed by atoms with Gasteiger partial charge in [0.2, 0.25) is 10.0 Å². The maximum absolute atomic E-state index is 13.6. The van der Waals surface area contributed by atoms with Gasteiger partial charge in [0.1, 0.15) is 10.7 Å². The highest BCUT2D eigenvalue weighted by atomic mass is 32.2. The Morgan fingerprint density at radius 3 is 2.65 bits per heavy atom. The molecule has 0 saturated carbocycles. The van der Waals surface area contributed by atoms with Crippen molar-refractivity contribution in [2.24, 2.45) is 5.73 Å². The molecule has 9 heteroatoms. The van der Waals surface area contributed by atoms with Gasteiger partial charge in [0.05, 0.1) is 11.5 Å². The predicted octanol–water partition coefficient (Wildman–Crippen LogP) is -0.250. The van der Waals surface area contributed by atoms with Crippen molar-refractivity contribution in [1.82, 2.24) is 4.72 Å². The summed E-state index contributed by atoms with van der Waals surface area (Å²) in [6.45, 7) is 0.0839. The van der Waals surface area contributed by atoms with Crippen LogP contribution in [-0.2, 0) is 26.4 Å². The second-order valence-electron chi connectivity index (χ2n) is 4.69. The Kier molecular flexibility index (Phi) is 4.14. The zero-order valence-corrected chi connectivity index (χ0v) is 12.2. The van der Waals surface area contributed by atoms with E-state index in [1.807, 2.05) is 0 Å². The number of nitrogens with one attached hydrogen (secondary N) is 1. The van der Waals surface area contributed by atoms with Gasteiger partial charge in [-0.1, -0.05) is 6.07 Å². The molecule has 0 spiro atoms. The number of hydrogen-bond acceptors (Lipinski definition) is 5. The Hall–Kier alpha value is -1.03. The van der Waals surface area contributed by atoms with E-state index in [1.54, 1.807) is 0 Å². The van der Waals surface area contributed by atoms with Crippen molar-refractivity contribution in [2.75, 3.05) is 11.5 Å². The second kappa shape index (κ2) is 5.40. The summed E-state index contributed by atoms with van der Waals surface area (Å²) in [6.07, 6.45) is 0.194. The lowest BCUT2D eigenvalue weighted by Crippen LogP contribution is -2.36. The Bertz CT molecular complexity index is 716. The SMILES string of the molecule is NCc1ccc(F)c(S(=O)(=O)NC2CCS(=O)(=O)C2)c1. The summed E-state index contributed by atoms with van der Waals surface area (Å²) in [7, 11) is -7.32. The molecule has 2 rings (SSSR count). The average Bonchev–Trinajstić information content (AvgIpc) is 2.68. The molecule has 1 aliphatic rings. The predicted molar refractivity (Wildman–Crippen MR) is 71.7 cm³/mol. The van der Waals surface area contributed by atoms with Crippen molar-refractivity contribution in [3.8, 4) is 0 Å². The Morgan fingerprint density at radius 2 is 2.10 bits per heavy atom. The number of benzene rings is 1. The molecule has 20 heavy (non-hydrogen) atoms. The summed E-state index contributed by atoms with van der Waals surface area (Å²) < 4.78 is 62.7. The molecule has 112 valence electrons. The summed E-state index contributed by atoms with van der Waals surface area (Å²) >= 11 is 0. The number of halogens is 1. The van der Waals surface area contributed by atoms with Crippen molar-refractivity contribution in [3.63, 3.8) is 0 Å². The standard InChI is InChI=1S/C11H15FN2O4S2/c12-10-2-1-8(6-13)5-11(10)20(17,18)14-9-3-4-19(15,16)7-9/h1-2,5,9,14H,3-4,6-7,13H2. The minimum Gasteiger partial charge on any atom is -0.326 e. The third-order valence-electron chi connectivity index (χ3n) is 3.08. The number of sulfone groups is 1. The molecule has 0 aromatic heterocycles. The van der Waals surface area contributed by atoms with E-state index in [4.69, 9.17) is 5.73 Å². The van der Waals surface area contributed by atoms with E-state index < -0.39 is 36.6 Å². The van der Waals surface area contributed by atoms with Gasteiger partial charge in [-0.25, -0.2) is 25.9 Å². The minimum atomic E-state index is -4.10. The summed E-state index contributed by atoms with van der Waals surface area (Å²) in [5.41, 5.74) is 5.87. The monoisotopic (exact) mass is 322 g/mol. The van der Waals surface area contributed by atoms with E-state index >= 15 is 0 Å². The normalized spacial score (nSPS) is 22.0. The molecule has 1 atom stereocenters. The molecule has 0 radical (unpaired) electrons. The summed E-state index contributed by atoms with van der Waals surface area (Å²) in [6, 6.07) is 2.86. The van der Waals surface area contributed by atoms with Gasteiger partial charge in [-0.2, -0.15) is 0 Å². The molecule has 0 amide bonds. The smallest absolute Gasteiger partial charge is 0.243 e. The van der Waals surface area contributed by atoms with Crippen molar-refractivity contribution in [1.29, 1.82) is 0 Å². The van der Waals surface area contributed by atoms with E-state index in [2.05, 4.69) is 4.72 Å². The fraction of sp³-hybridized carbons (Fsp3) is 0.455. The van der Waals surface area contributed by atoms with Crippen LogP contribution in [0, 0.1) is 5.82 Å². The van der Waals surface area contributed by atoms with Crippen LogP contribution in [0.15, 0.2) is 23.1 Å². The van der Waals surface area contributed by atoms with Gasteiger partial charge >= 0.3 is 0 Å². The first-order valence-electron chi connectivity index (χ1n) is 5.95. The molecule has 1 aromatic rings. The zero-order valence-electron chi connectivity index (χ0n) is 10.5. The average molecular weight is 322 g/mol. The Labute approximate surface area is 117 Å². The third-order valence-corrected chi connectivity index (χ3v) is 6.38. The highest BCUT2D eigenvalue weighted by Gasteiger charge is 2.32. The molecule has 1 fully saturated rings.